The Morgan fingerprint density at radius 1 is 1.32 bits per heavy atom. The third kappa shape index (κ3) is 3.94. The number of nitrogens with one attached hydrogen (secondary N) is 1. The van der Waals surface area contributed by atoms with Gasteiger partial charge in [-0.1, -0.05) is 30.3 Å². The maximum Gasteiger partial charge on any atom is 0.253 e. The quantitative estimate of drug-likeness (QED) is 0.908. The van der Waals surface area contributed by atoms with Crippen LogP contribution in [0.5, 0.6) is 0 Å². The lowest BCUT2D eigenvalue weighted by Crippen LogP contribution is -2.37. The summed E-state index contributed by atoms with van der Waals surface area (Å²) in [5, 5.41) is 3.00. The predicted octanol–water partition coefficient (Wildman–Crippen LogP) is 3.21. The minimum Gasteiger partial charge on any atom is -0.355 e. The normalized spacial score (nSPS) is 18.8. The van der Waals surface area contributed by atoms with E-state index in [4.69, 9.17) is 9.47 Å². The van der Waals surface area contributed by atoms with Gasteiger partial charge in [0.1, 0.15) is 6.79 Å². The summed E-state index contributed by atoms with van der Waals surface area (Å²) in [6.07, 6.45) is 0.842. The molecule has 0 bridgehead atoms. The van der Waals surface area contributed by atoms with E-state index in [2.05, 4.69) is 28.9 Å². The Balaban J connectivity index is 1.73. The molecule has 2 atom stereocenters. The highest BCUT2D eigenvalue weighted by Gasteiger charge is 2.21. The van der Waals surface area contributed by atoms with Gasteiger partial charge < -0.3 is 19.4 Å². The first-order chi connectivity index (χ1) is 12.1. The number of hydrogen-bond acceptors (Lipinski definition) is 3. The van der Waals surface area contributed by atoms with Gasteiger partial charge in [0.2, 0.25) is 0 Å². The Bertz CT molecular complexity index is 718. The summed E-state index contributed by atoms with van der Waals surface area (Å²) >= 11 is 0. The average Bonchev–Trinajstić information content (AvgIpc) is 2.95. The maximum atomic E-state index is 12.6. The van der Waals surface area contributed by atoms with E-state index in [1.54, 1.807) is 0 Å². The molecule has 1 saturated heterocycles. The Labute approximate surface area is 148 Å². The molecule has 2 heterocycles. The van der Waals surface area contributed by atoms with Gasteiger partial charge >= 0.3 is 0 Å². The van der Waals surface area contributed by atoms with Gasteiger partial charge in [0.05, 0.1) is 24.3 Å². The van der Waals surface area contributed by atoms with Crippen molar-refractivity contribution in [2.45, 2.75) is 39.3 Å². The number of carbonyl (C=O) groups is 1. The fourth-order valence-electron chi connectivity index (χ4n) is 3.45. The largest absolute Gasteiger partial charge is 0.355 e. The molecule has 0 spiro atoms. The van der Waals surface area contributed by atoms with Crippen molar-refractivity contribution in [3.8, 4) is 0 Å². The predicted molar refractivity (Wildman–Crippen MR) is 96.8 cm³/mol. The molecule has 1 aromatic carbocycles. The van der Waals surface area contributed by atoms with Crippen LogP contribution in [0, 0.1) is 13.8 Å². The van der Waals surface area contributed by atoms with Gasteiger partial charge in [-0.3, -0.25) is 4.79 Å². The molecule has 3 rings (SSSR count). The molecule has 1 fully saturated rings. The highest BCUT2D eigenvalue weighted by molar-refractivity contribution is 5.95. The van der Waals surface area contributed by atoms with E-state index in [9.17, 15) is 4.79 Å². The lowest BCUT2D eigenvalue weighted by molar-refractivity contribution is -0.136. The van der Waals surface area contributed by atoms with Crippen molar-refractivity contribution >= 4 is 5.91 Å². The molecule has 5 nitrogen and oxygen atoms in total. The van der Waals surface area contributed by atoms with Gasteiger partial charge in [-0.25, -0.2) is 0 Å². The van der Waals surface area contributed by atoms with E-state index in [-0.39, 0.29) is 18.1 Å². The summed E-state index contributed by atoms with van der Waals surface area (Å²) in [7, 11) is 0. The summed E-state index contributed by atoms with van der Waals surface area (Å²) in [6.45, 7) is 7.72. The van der Waals surface area contributed by atoms with E-state index < -0.39 is 0 Å². The Hall–Kier alpha value is -2.11. The van der Waals surface area contributed by atoms with Crippen LogP contribution in [0.25, 0.3) is 0 Å². The van der Waals surface area contributed by atoms with Gasteiger partial charge in [0, 0.05) is 17.9 Å². The molecule has 25 heavy (non-hydrogen) atoms. The van der Waals surface area contributed by atoms with Crippen LogP contribution in [-0.2, 0) is 9.47 Å². The van der Waals surface area contributed by atoms with Crippen LogP contribution in [0.1, 0.15) is 46.7 Å². The zero-order chi connectivity index (χ0) is 17.8. The highest BCUT2D eigenvalue weighted by atomic mass is 16.7. The number of nitrogens with zero attached hydrogens (tertiary/aromatic N) is 1. The Morgan fingerprint density at radius 2 is 2.08 bits per heavy atom. The van der Waals surface area contributed by atoms with Crippen molar-refractivity contribution in [1.29, 1.82) is 0 Å². The molecule has 134 valence electrons. The van der Waals surface area contributed by atoms with Gasteiger partial charge in [-0.05, 0) is 38.8 Å². The smallest absolute Gasteiger partial charge is 0.253 e. The summed E-state index contributed by atoms with van der Waals surface area (Å²) in [5.74, 6) is -0.0466. The lowest BCUT2D eigenvalue weighted by Gasteiger charge is -2.23. The third-order valence-electron chi connectivity index (χ3n) is 4.86. The van der Waals surface area contributed by atoms with E-state index in [0.717, 1.165) is 23.4 Å². The van der Waals surface area contributed by atoms with Crippen LogP contribution in [0.15, 0.2) is 36.4 Å². The summed E-state index contributed by atoms with van der Waals surface area (Å²) < 4.78 is 12.9. The molecule has 1 N–H and O–H groups in total. The topological polar surface area (TPSA) is 52.5 Å². The van der Waals surface area contributed by atoms with Crippen LogP contribution in [0.2, 0.25) is 0 Å². The Morgan fingerprint density at radius 3 is 2.76 bits per heavy atom. The molecule has 1 aliphatic rings. The zero-order valence-corrected chi connectivity index (χ0v) is 15.1. The number of rotatable bonds is 5. The number of hydrogen-bond donors (Lipinski definition) is 1. The molecule has 5 heteroatoms. The number of aryl methyl sites for hydroxylation is 1. The number of aromatic nitrogens is 1. The number of benzene rings is 1. The molecule has 0 radical (unpaired) electrons. The van der Waals surface area contributed by atoms with Crippen molar-refractivity contribution in [1.82, 2.24) is 9.88 Å². The molecule has 0 aliphatic carbocycles. The highest BCUT2D eigenvalue weighted by Crippen LogP contribution is 2.25. The molecule has 0 saturated carbocycles. The molecule has 1 aromatic heterocycles. The zero-order valence-electron chi connectivity index (χ0n) is 15.1. The van der Waals surface area contributed by atoms with E-state index in [1.807, 2.05) is 38.1 Å². The van der Waals surface area contributed by atoms with Crippen LogP contribution >= 0.6 is 0 Å². The standard InChI is InChI=1S/C20H26N2O3/c1-14-11-19(20(23)21-12-18-9-10-24-13-25-18)16(3)22(14)15(2)17-7-5-4-6-8-17/h4-8,11,15,18H,9-10,12-13H2,1-3H3,(H,21,23)/t15-,18+/m1/s1. The van der Waals surface area contributed by atoms with Crippen LogP contribution in [0.3, 0.4) is 0 Å². The second-order valence-electron chi connectivity index (χ2n) is 6.55. The minimum atomic E-state index is -0.0466. The van der Waals surface area contributed by atoms with Crippen molar-refractivity contribution < 1.29 is 14.3 Å². The monoisotopic (exact) mass is 342 g/mol. The van der Waals surface area contributed by atoms with Gasteiger partial charge in [0.25, 0.3) is 5.91 Å². The van der Waals surface area contributed by atoms with Crippen molar-refractivity contribution in [2.24, 2.45) is 0 Å². The molecule has 2 aromatic rings. The van der Waals surface area contributed by atoms with Crippen LogP contribution in [-0.4, -0.2) is 36.5 Å². The van der Waals surface area contributed by atoms with Crippen molar-refractivity contribution in [2.75, 3.05) is 19.9 Å². The molecule has 0 unspecified atom stereocenters. The van der Waals surface area contributed by atoms with Crippen LogP contribution in [0.4, 0.5) is 0 Å². The second kappa shape index (κ2) is 7.85. The first kappa shape index (κ1) is 17.7. The number of amides is 1. The second-order valence-corrected chi connectivity index (χ2v) is 6.55. The van der Waals surface area contributed by atoms with Crippen molar-refractivity contribution in [3.63, 3.8) is 0 Å². The third-order valence-corrected chi connectivity index (χ3v) is 4.86. The fraction of sp³-hybridized carbons (Fsp3) is 0.450. The van der Waals surface area contributed by atoms with E-state index in [1.165, 1.54) is 5.56 Å². The fourth-order valence-corrected chi connectivity index (χ4v) is 3.45. The molecule has 1 amide bonds. The van der Waals surface area contributed by atoms with Crippen molar-refractivity contribution in [3.05, 3.63) is 58.9 Å². The summed E-state index contributed by atoms with van der Waals surface area (Å²) in [4.78, 5) is 12.6. The van der Waals surface area contributed by atoms with E-state index >= 15 is 0 Å². The number of ether oxygens (including phenoxy) is 2. The maximum absolute atomic E-state index is 12.6. The lowest BCUT2D eigenvalue weighted by atomic mass is 10.1. The first-order valence-electron chi connectivity index (χ1n) is 8.79. The Kier molecular flexibility index (Phi) is 5.56. The van der Waals surface area contributed by atoms with Gasteiger partial charge in [0.15, 0.2) is 0 Å². The van der Waals surface area contributed by atoms with Gasteiger partial charge in [-0.15, -0.1) is 0 Å². The van der Waals surface area contributed by atoms with Gasteiger partial charge in [-0.2, -0.15) is 0 Å². The van der Waals surface area contributed by atoms with E-state index in [0.29, 0.717) is 19.9 Å². The number of carbonyl (C=O) groups excluding carboxylic acids is 1. The molecule has 1 aliphatic heterocycles. The minimum absolute atomic E-state index is 0.0319. The summed E-state index contributed by atoms with van der Waals surface area (Å²) in [5.41, 5.74) is 4.03. The van der Waals surface area contributed by atoms with Crippen LogP contribution < -0.4 is 5.32 Å². The molecular formula is C20H26N2O3. The first-order valence-corrected chi connectivity index (χ1v) is 8.79. The summed E-state index contributed by atoms with van der Waals surface area (Å²) in [6, 6.07) is 12.5. The SMILES string of the molecule is Cc1cc(C(=O)NC[C@@H]2CCOCO2)c(C)n1[C@H](C)c1ccccc1. The molecular weight excluding hydrogens is 316 g/mol. The average molecular weight is 342 g/mol.